The van der Waals surface area contributed by atoms with Gasteiger partial charge in [-0.2, -0.15) is 4.98 Å². The molecule has 1 saturated heterocycles. The first-order valence-electron chi connectivity index (χ1n) is 9.75. The number of nitrogens with zero attached hydrogens (tertiary/aromatic N) is 3. The number of likely N-dealkylation sites (tertiary alicyclic amines) is 1. The molecule has 1 amide bonds. The predicted octanol–water partition coefficient (Wildman–Crippen LogP) is 2.09. The standard InChI is InChI=1S/C19H23FN4O4S/c20-15-8-4-13(5-9-15)11-24-10-2-1-3-16(24)18(25)23-29(26,27)12-17-21-19(28-22-17)14-6-7-14/h4-5,8-9,14,16H,1-3,6-7,10-12H2,(H,23,25). The normalized spacial score (nSPS) is 20.5. The number of benzene rings is 1. The Morgan fingerprint density at radius 3 is 2.69 bits per heavy atom. The monoisotopic (exact) mass is 422 g/mol. The van der Waals surface area contributed by atoms with E-state index in [1.165, 1.54) is 12.1 Å². The number of hydrogen-bond acceptors (Lipinski definition) is 7. The SMILES string of the molecule is O=C(NS(=O)(=O)Cc1noc(C2CC2)n1)C1CCCCN1Cc1ccc(F)cc1. The summed E-state index contributed by atoms with van der Waals surface area (Å²) in [5, 5.41) is 3.70. The number of carbonyl (C=O) groups is 1. The van der Waals surface area contributed by atoms with Crippen LogP contribution in [-0.2, 0) is 27.1 Å². The van der Waals surface area contributed by atoms with Crippen molar-refractivity contribution in [2.24, 2.45) is 0 Å². The molecule has 1 saturated carbocycles. The fraction of sp³-hybridized carbons (Fsp3) is 0.526. The van der Waals surface area contributed by atoms with Crippen molar-refractivity contribution >= 4 is 15.9 Å². The number of hydrogen-bond donors (Lipinski definition) is 1. The van der Waals surface area contributed by atoms with Gasteiger partial charge in [-0.25, -0.2) is 12.8 Å². The summed E-state index contributed by atoms with van der Waals surface area (Å²) in [7, 11) is -3.94. The molecule has 1 aliphatic heterocycles. The Balaban J connectivity index is 1.39. The van der Waals surface area contributed by atoms with Crippen LogP contribution in [0.15, 0.2) is 28.8 Å². The molecule has 8 nitrogen and oxygen atoms in total. The van der Waals surface area contributed by atoms with E-state index in [-0.39, 0.29) is 17.6 Å². The van der Waals surface area contributed by atoms with Crippen LogP contribution in [0.4, 0.5) is 4.39 Å². The molecule has 2 aliphatic rings. The average Bonchev–Trinajstić information content (AvgIpc) is 3.43. The van der Waals surface area contributed by atoms with E-state index >= 15 is 0 Å². The molecule has 2 fully saturated rings. The van der Waals surface area contributed by atoms with Crippen LogP contribution in [0.2, 0.25) is 0 Å². The number of carbonyl (C=O) groups excluding carboxylic acids is 1. The Kier molecular flexibility index (Phi) is 5.64. The van der Waals surface area contributed by atoms with Gasteiger partial charge in [0.25, 0.3) is 5.91 Å². The third-order valence-electron chi connectivity index (χ3n) is 5.20. The second-order valence-corrected chi connectivity index (χ2v) is 9.38. The van der Waals surface area contributed by atoms with Crippen LogP contribution in [0.1, 0.15) is 55.3 Å². The van der Waals surface area contributed by atoms with Gasteiger partial charge in [0.15, 0.2) is 5.82 Å². The maximum atomic E-state index is 13.1. The van der Waals surface area contributed by atoms with E-state index in [4.69, 9.17) is 4.52 Å². The molecular formula is C19H23FN4O4S. The van der Waals surface area contributed by atoms with Gasteiger partial charge in [0, 0.05) is 12.5 Å². The Morgan fingerprint density at radius 1 is 1.21 bits per heavy atom. The van der Waals surface area contributed by atoms with Crippen LogP contribution in [0.3, 0.4) is 0 Å². The first-order valence-corrected chi connectivity index (χ1v) is 11.4. The molecule has 156 valence electrons. The maximum Gasteiger partial charge on any atom is 0.250 e. The van der Waals surface area contributed by atoms with E-state index in [2.05, 4.69) is 14.9 Å². The third kappa shape index (κ3) is 5.18. The van der Waals surface area contributed by atoms with Crippen molar-refractivity contribution in [1.29, 1.82) is 0 Å². The van der Waals surface area contributed by atoms with Crippen molar-refractivity contribution < 1.29 is 22.1 Å². The van der Waals surface area contributed by atoms with Crippen LogP contribution in [-0.4, -0.2) is 42.0 Å². The van der Waals surface area contributed by atoms with Gasteiger partial charge in [-0.1, -0.05) is 23.7 Å². The van der Waals surface area contributed by atoms with Crippen LogP contribution in [0, 0.1) is 5.82 Å². The Hall–Kier alpha value is -2.33. The Bertz CT molecular complexity index is 972. The minimum Gasteiger partial charge on any atom is -0.339 e. The first-order chi connectivity index (χ1) is 13.9. The van der Waals surface area contributed by atoms with Crippen LogP contribution in [0.25, 0.3) is 0 Å². The smallest absolute Gasteiger partial charge is 0.250 e. The Labute approximate surface area is 168 Å². The van der Waals surface area contributed by atoms with E-state index in [0.29, 0.717) is 25.4 Å². The van der Waals surface area contributed by atoms with E-state index in [0.717, 1.165) is 31.2 Å². The molecule has 2 aromatic rings. The minimum absolute atomic E-state index is 0.0546. The molecule has 0 spiro atoms. The van der Waals surface area contributed by atoms with Crippen molar-refractivity contribution in [3.05, 3.63) is 47.4 Å². The number of amides is 1. The van der Waals surface area contributed by atoms with Gasteiger partial charge in [-0.3, -0.25) is 14.4 Å². The maximum absolute atomic E-state index is 13.1. The molecular weight excluding hydrogens is 399 g/mol. The zero-order valence-corrected chi connectivity index (χ0v) is 16.7. The summed E-state index contributed by atoms with van der Waals surface area (Å²) < 4.78 is 45.2. The molecule has 1 aliphatic carbocycles. The highest BCUT2D eigenvalue weighted by Gasteiger charge is 2.33. The minimum atomic E-state index is -3.94. The van der Waals surface area contributed by atoms with Crippen LogP contribution < -0.4 is 4.72 Å². The number of halogens is 1. The third-order valence-corrected chi connectivity index (χ3v) is 6.35. The molecule has 0 radical (unpaired) electrons. The Morgan fingerprint density at radius 2 is 1.97 bits per heavy atom. The highest BCUT2D eigenvalue weighted by atomic mass is 32.2. The average molecular weight is 422 g/mol. The zero-order chi connectivity index (χ0) is 20.4. The predicted molar refractivity (Wildman–Crippen MR) is 101 cm³/mol. The van der Waals surface area contributed by atoms with Crippen molar-refractivity contribution in [1.82, 2.24) is 19.8 Å². The highest BCUT2D eigenvalue weighted by Crippen LogP contribution is 2.38. The molecule has 29 heavy (non-hydrogen) atoms. The van der Waals surface area contributed by atoms with E-state index in [1.54, 1.807) is 12.1 Å². The van der Waals surface area contributed by atoms with Crippen molar-refractivity contribution in [2.75, 3.05) is 6.54 Å². The van der Waals surface area contributed by atoms with Gasteiger partial charge in [-0.05, 0) is 49.9 Å². The lowest BCUT2D eigenvalue weighted by Gasteiger charge is -2.34. The van der Waals surface area contributed by atoms with Gasteiger partial charge in [0.1, 0.15) is 11.6 Å². The number of nitrogens with one attached hydrogen (secondary N) is 1. The molecule has 1 aromatic heterocycles. The van der Waals surface area contributed by atoms with Crippen LogP contribution in [0.5, 0.6) is 0 Å². The molecule has 1 unspecified atom stereocenters. The topological polar surface area (TPSA) is 105 Å². The zero-order valence-electron chi connectivity index (χ0n) is 15.9. The summed E-state index contributed by atoms with van der Waals surface area (Å²) in [4.78, 5) is 18.8. The molecule has 10 heteroatoms. The fourth-order valence-corrected chi connectivity index (χ4v) is 4.52. The van der Waals surface area contributed by atoms with Gasteiger partial charge in [-0.15, -0.1) is 0 Å². The quantitative estimate of drug-likeness (QED) is 0.728. The fourth-order valence-electron chi connectivity index (χ4n) is 3.55. The summed E-state index contributed by atoms with van der Waals surface area (Å²) in [6.07, 6.45) is 4.27. The largest absolute Gasteiger partial charge is 0.339 e. The van der Waals surface area contributed by atoms with Gasteiger partial charge < -0.3 is 4.52 Å². The lowest BCUT2D eigenvalue weighted by molar-refractivity contribution is -0.126. The molecule has 1 aromatic carbocycles. The highest BCUT2D eigenvalue weighted by molar-refractivity contribution is 7.89. The van der Waals surface area contributed by atoms with Crippen molar-refractivity contribution in [3.8, 4) is 0 Å². The molecule has 1 atom stereocenters. The number of sulfonamides is 1. The van der Waals surface area contributed by atoms with Gasteiger partial charge >= 0.3 is 0 Å². The summed E-state index contributed by atoms with van der Waals surface area (Å²) in [6, 6.07) is 5.53. The summed E-state index contributed by atoms with van der Waals surface area (Å²) in [5.74, 6) is -0.634. The van der Waals surface area contributed by atoms with Gasteiger partial charge in [0.2, 0.25) is 15.9 Å². The second-order valence-electron chi connectivity index (χ2n) is 7.66. The van der Waals surface area contributed by atoms with E-state index in [1.807, 2.05) is 4.90 Å². The van der Waals surface area contributed by atoms with Gasteiger partial charge in [0.05, 0.1) is 6.04 Å². The van der Waals surface area contributed by atoms with Crippen molar-refractivity contribution in [3.63, 3.8) is 0 Å². The van der Waals surface area contributed by atoms with Crippen LogP contribution >= 0.6 is 0 Å². The molecule has 0 bridgehead atoms. The lowest BCUT2D eigenvalue weighted by Crippen LogP contribution is -2.50. The van der Waals surface area contributed by atoms with E-state index < -0.39 is 27.7 Å². The summed E-state index contributed by atoms with van der Waals surface area (Å²) in [6.45, 7) is 1.12. The second kappa shape index (κ2) is 8.19. The molecule has 4 rings (SSSR count). The molecule has 1 N–H and O–H groups in total. The lowest BCUT2D eigenvalue weighted by atomic mass is 10.0. The number of aromatic nitrogens is 2. The van der Waals surface area contributed by atoms with E-state index in [9.17, 15) is 17.6 Å². The van der Waals surface area contributed by atoms with Crippen molar-refractivity contribution in [2.45, 2.75) is 56.4 Å². The number of piperidine rings is 1. The first kappa shape index (κ1) is 20.0. The summed E-state index contributed by atoms with van der Waals surface area (Å²) >= 11 is 0. The molecule has 2 heterocycles. The number of rotatable bonds is 7. The summed E-state index contributed by atoms with van der Waals surface area (Å²) in [5.41, 5.74) is 0.869.